The van der Waals surface area contributed by atoms with Crippen LogP contribution in [0.5, 0.6) is 0 Å². The molecule has 112 valence electrons. The van der Waals surface area contributed by atoms with Gasteiger partial charge in [0, 0.05) is 25.8 Å². The van der Waals surface area contributed by atoms with Gasteiger partial charge in [-0.15, -0.1) is 0 Å². The Balaban J connectivity index is 2.16. The van der Waals surface area contributed by atoms with E-state index in [0.29, 0.717) is 6.04 Å². The molecule has 0 radical (unpaired) electrons. The lowest BCUT2D eigenvalue weighted by Crippen LogP contribution is -2.45. The van der Waals surface area contributed by atoms with Gasteiger partial charge >= 0.3 is 0 Å². The van der Waals surface area contributed by atoms with Gasteiger partial charge in [-0.25, -0.2) is 0 Å². The Bertz CT molecular complexity index is 455. The van der Waals surface area contributed by atoms with Gasteiger partial charge < -0.3 is 10.2 Å². The second-order valence-corrected chi connectivity index (χ2v) is 5.56. The smallest absolute Gasteiger partial charge is 0.257 e. The number of nitrogens with one attached hydrogen (secondary N) is 1. The zero-order valence-corrected chi connectivity index (χ0v) is 12.9. The van der Waals surface area contributed by atoms with E-state index in [9.17, 15) is 4.79 Å². The van der Waals surface area contributed by atoms with Crippen LogP contribution in [-0.2, 0) is 13.5 Å². The van der Waals surface area contributed by atoms with Crippen molar-refractivity contribution >= 4 is 5.91 Å². The summed E-state index contributed by atoms with van der Waals surface area (Å²) in [7, 11) is 3.84. The van der Waals surface area contributed by atoms with Gasteiger partial charge in [-0.3, -0.25) is 9.48 Å². The van der Waals surface area contributed by atoms with Crippen molar-refractivity contribution in [2.75, 3.05) is 20.1 Å². The quantitative estimate of drug-likeness (QED) is 0.890. The van der Waals surface area contributed by atoms with Crippen LogP contribution in [-0.4, -0.2) is 46.8 Å². The number of aromatic nitrogens is 2. The maximum absolute atomic E-state index is 12.8. The number of rotatable bonds is 5. The lowest BCUT2D eigenvalue weighted by atomic mass is 9.98. The van der Waals surface area contributed by atoms with Crippen molar-refractivity contribution in [1.29, 1.82) is 0 Å². The predicted octanol–water partition coefficient (Wildman–Crippen LogP) is 1.59. The molecule has 1 atom stereocenters. The molecule has 1 fully saturated rings. The van der Waals surface area contributed by atoms with E-state index in [0.717, 1.165) is 50.0 Å². The van der Waals surface area contributed by atoms with Crippen LogP contribution < -0.4 is 5.32 Å². The molecular formula is C15H26N4O. The van der Waals surface area contributed by atoms with Crippen LogP contribution in [0.15, 0.2) is 6.20 Å². The van der Waals surface area contributed by atoms with E-state index >= 15 is 0 Å². The Morgan fingerprint density at radius 2 is 2.30 bits per heavy atom. The topological polar surface area (TPSA) is 50.2 Å². The van der Waals surface area contributed by atoms with E-state index in [-0.39, 0.29) is 5.91 Å². The summed E-state index contributed by atoms with van der Waals surface area (Å²) >= 11 is 0. The van der Waals surface area contributed by atoms with E-state index in [1.54, 1.807) is 4.68 Å². The SMILES string of the molecule is CCc1nn(C)cc1C(=O)N1CCCCC1CCNC. The van der Waals surface area contributed by atoms with Gasteiger partial charge in [0.05, 0.1) is 11.3 Å². The molecule has 0 bridgehead atoms. The van der Waals surface area contributed by atoms with Crippen molar-refractivity contribution in [2.24, 2.45) is 7.05 Å². The summed E-state index contributed by atoms with van der Waals surface area (Å²) in [6.45, 7) is 3.89. The second-order valence-electron chi connectivity index (χ2n) is 5.56. The van der Waals surface area contributed by atoms with Crippen molar-refractivity contribution in [1.82, 2.24) is 20.0 Å². The summed E-state index contributed by atoms with van der Waals surface area (Å²) in [4.78, 5) is 14.9. The molecule has 20 heavy (non-hydrogen) atoms. The summed E-state index contributed by atoms with van der Waals surface area (Å²) in [5.74, 6) is 0.163. The van der Waals surface area contributed by atoms with Crippen LogP contribution in [0, 0.1) is 0 Å². The largest absolute Gasteiger partial charge is 0.336 e. The van der Waals surface area contributed by atoms with Crippen LogP contribution >= 0.6 is 0 Å². The Kier molecular flexibility index (Phi) is 5.17. The molecule has 2 rings (SSSR count). The fourth-order valence-corrected chi connectivity index (χ4v) is 3.01. The van der Waals surface area contributed by atoms with E-state index < -0.39 is 0 Å². The lowest BCUT2D eigenvalue weighted by molar-refractivity contribution is 0.0601. The average molecular weight is 278 g/mol. The number of likely N-dealkylation sites (tertiary alicyclic amines) is 1. The number of hydrogen-bond acceptors (Lipinski definition) is 3. The number of hydrogen-bond donors (Lipinski definition) is 1. The third kappa shape index (κ3) is 3.20. The molecule has 1 unspecified atom stereocenters. The van der Waals surface area contributed by atoms with Gasteiger partial charge in [-0.05, 0) is 45.7 Å². The van der Waals surface area contributed by atoms with E-state index in [1.165, 1.54) is 6.42 Å². The minimum absolute atomic E-state index is 0.163. The summed E-state index contributed by atoms with van der Waals surface area (Å²) in [6.07, 6.45) is 7.16. The lowest BCUT2D eigenvalue weighted by Gasteiger charge is -2.36. The van der Waals surface area contributed by atoms with Crippen LogP contribution in [0.1, 0.15) is 48.7 Å². The van der Waals surface area contributed by atoms with Crippen molar-refractivity contribution in [3.05, 3.63) is 17.5 Å². The molecule has 1 amide bonds. The summed E-state index contributed by atoms with van der Waals surface area (Å²) in [5.41, 5.74) is 1.70. The Morgan fingerprint density at radius 3 is 3.00 bits per heavy atom. The third-order valence-electron chi connectivity index (χ3n) is 4.09. The van der Waals surface area contributed by atoms with Gasteiger partial charge in [0.2, 0.25) is 0 Å². The molecule has 5 heteroatoms. The second kappa shape index (κ2) is 6.88. The highest BCUT2D eigenvalue weighted by Crippen LogP contribution is 2.22. The minimum Gasteiger partial charge on any atom is -0.336 e. The third-order valence-corrected chi connectivity index (χ3v) is 4.09. The first-order valence-electron chi connectivity index (χ1n) is 7.65. The molecule has 5 nitrogen and oxygen atoms in total. The number of carbonyl (C=O) groups is 1. The summed E-state index contributed by atoms with van der Waals surface area (Å²) in [6, 6.07) is 0.369. The first kappa shape index (κ1) is 15.0. The van der Waals surface area contributed by atoms with Crippen LogP contribution in [0.4, 0.5) is 0 Å². The summed E-state index contributed by atoms with van der Waals surface area (Å²) < 4.78 is 1.75. The van der Waals surface area contributed by atoms with Crippen molar-refractivity contribution in [2.45, 2.75) is 45.1 Å². The maximum atomic E-state index is 12.8. The van der Waals surface area contributed by atoms with Gasteiger partial charge in [0.15, 0.2) is 0 Å². The molecule has 1 aromatic heterocycles. The Morgan fingerprint density at radius 1 is 1.50 bits per heavy atom. The molecule has 0 saturated carbocycles. The zero-order valence-electron chi connectivity index (χ0n) is 12.9. The van der Waals surface area contributed by atoms with E-state index in [1.807, 2.05) is 27.2 Å². The first-order chi connectivity index (χ1) is 9.67. The molecule has 0 aliphatic carbocycles. The van der Waals surface area contributed by atoms with Crippen LogP contribution in [0.25, 0.3) is 0 Å². The Labute approximate surface area is 121 Å². The van der Waals surface area contributed by atoms with Gasteiger partial charge in [0.1, 0.15) is 0 Å². The molecular weight excluding hydrogens is 252 g/mol. The van der Waals surface area contributed by atoms with Gasteiger partial charge in [0.25, 0.3) is 5.91 Å². The fraction of sp³-hybridized carbons (Fsp3) is 0.733. The van der Waals surface area contributed by atoms with Crippen molar-refractivity contribution in [3.8, 4) is 0 Å². The highest BCUT2D eigenvalue weighted by Gasteiger charge is 2.29. The van der Waals surface area contributed by atoms with Gasteiger partial charge in [-0.2, -0.15) is 5.10 Å². The molecule has 2 heterocycles. The minimum atomic E-state index is 0.163. The van der Waals surface area contributed by atoms with Gasteiger partial charge in [-0.1, -0.05) is 6.92 Å². The number of carbonyl (C=O) groups excluding carboxylic acids is 1. The number of nitrogens with zero attached hydrogens (tertiary/aromatic N) is 3. The van der Waals surface area contributed by atoms with Crippen molar-refractivity contribution < 1.29 is 4.79 Å². The predicted molar refractivity (Wildman–Crippen MR) is 79.8 cm³/mol. The van der Waals surface area contributed by atoms with E-state index in [4.69, 9.17) is 0 Å². The molecule has 0 spiro atoms. The zero-order chi connectivity index (χ0) is 14.5. The molecule has 1 saturated heterocycles. The highest BCUT2D eigenvalue weighted by atomic mass is 16.2. The molecule has 0 aromatic carbocycles. The fourth-order valence-electron chi connectivity index (χ4n) is 3.01. The van der Waals surface area contributed by atoms with Crippen molar-refractivity contribution in [3.63, 3.8) is 0 Å². The van der Waals surface area contributed by atoms with E-state index in [2.05, 4.69) is 15.3 Å². The number of piperidine rings is 1. The number of aryl methyl sites for hydroxylation is 2. The normalized spacial score (nSPS) is 19.4. The number of amides is 1. The van der Waals surface area contributed by atoms with Crippen LogP contribution in [0.3, 0.4) is 0 Å². The standard InChI is InChI=1S/C15H26N4O/c1-4-14-13(11-18(3)17-14)15(20)19-10-6-5-7-12(19)8-9-16-2/h11-12,16H,4-10H2,1-3H3. The average Bonchev–Trinajstić information content (AvgIpc) is 2.85. The molecule has 1 aliphatic rings. The van der Waals surface area contributed by atoms with Crippen LogP contribution in [0.2, 0.25) is 0 Å². The summed E-state index contributed by atoms with van der Waals surface area (Å²) in [5, 5.41) is 7.58. The molecule has 1 N–H and O–H groups in total. The first-order valence-corrected chi connectivity index (χ1v) is 7.65. The monoisotopic (exact) mass is 278 g/mol. The maximum Gasteiger partial charge on any atom is 0.257 e. The highest BCUT2D eigenvalue weighted by molar-refractivity contribution is 5.95. The Hall–Kier alpha value is -1.36. The molecule has 1 aromatic rings. The molecule has 1 aliphatic heterocycles.